The molecule has 2 aliphatic rings. The fraction of sp³-hybridized carbons (Fsp3) is 0.909. The van der Waals surface area contributed by atoms with Gasteiger partial charge in [-0.1, -0.05) is 0 Å². The van der Waals surface area contributed by atoms with Crippen molar-refractivity contribution in [1.29, 1.82) is 0 Å². The third-order valence-corrected chi connectivity index (χ3v) is 3.80. The first kappa shape index (κ1) is 12.8. The van der Waals surface area contributed by atoms with E-state index in [1.54, 1.807) is 0 Å². The van der Waals surface area contributed by atoms with E-state index in [9.17, 15) is 9.90 Å². The second kappa shape index (κ2) is 5.30. The molecule has 1 aliphatic heterocycles. The molecule has 0 aromatic heterocycles. The van der Waals surface area contributed by atoms with Crippen LogP contribution in [0.25, 0.3) is 0 Å². The van der Waals surface area contributed by atoms with Crippen molar-refractivity contribution in [3.63, 3.8) is 0 Å². The molecular formula is C11H22N4O2. The quantitative estimate of drug-likeness (QED) is 0.419. The summed E-state index contributed by atoms with van der Waals surface area (Å²) in [6.07, 6.45) is 0.307. The monoisotopic (exact) mass is 242 g/mol. The molecule has 4 unspecified atom stereocenters. The first-order valence-electron chi connectivity index (χ1n) is 6.28. The maximum absolute atomic E-state index is 12.3. The van der Waals surface area contributed by atoms with Gasteiger partial charge in [0, 0.05) is 38.3 Å². The molecule has 0 bridgehead atoms. The molecule has 17 heavy (non-hydrogen) atoms. The van der Waals surface area contributed by atoms with E-state index in [1.807, 2.05) is 4.90 Å². The van der Waals surface area contributed by atoms with E-state index in [0.29, 0.717) is 12.8 Å². The van der Waals surface area contributed by atoms with Gasteiger partial charge in [0.25, 0.3) is 0 Å². The Hall–Kier alpha value is -0.690. The molecule has 2 rings (SSSR count). The second-order valence-corrected chi connectivity index (χ2v) is 5.05. The smallest absolute Gasteiger partial charge is 0.227 e. The van der Waals surface area contributed by atoms with Gasteiger partial charge in [-0.15, -0.1) is 0 Å². The van der Waals surface area contributed by atoms with Gasteiger partial charge in [0.05, 0.1) is 12.0 Å². The number of aliphatic hydroxyl groups is 1. The Balaban J connectivity index is 1.98. The van der Waals surface area contributed by atoms with Gasteiger partial charge in [-0.3, -0.25) is 4.79 Å². The Kier molecular flexibility index (Phi) is 3.98. The van der Waals surface area contributed by atoms with Crippen molar-refractivity contribution in [2.24, 2.45) is 17.4 Å². The Morgan fingerprint density at radius 2 is 1.82 bits per heavy atom. The van der Waals surface area contributed by atoms with Crippen LogP contribution in [0.2, 0.25) is 0 Å². The number of aliphatic hydroxyl groups excluding tert-OH is 1. The SMILES string of the molecule is NC1CC(N)C(C(=O)N2CCNCC2)CC1O. The van der Waals surface area contributed by atoms with Gasteiger partial charge < -0.3 is 26.8 Å². The summed E-state index contributed by atoms with van der Waals surface area (Å²) in [5.74, 6) is -0.201. The fourth-order valence-corrected chi connectivity index (χ4v) is 2.65. The predicted molar refractivity (Wildman–Crippen MR) is 64.1 cm³/mol. The molecule has 6 nitrogen and oxygen atoms in total. The van der Waals surface area contributed by atoms with Gasteiger partial charge in [0.15, 0.2) is 0 Å². The van der Waals surface area contributed by atoms with Gasteiger partial charge in [-0.2, -0.15) is 0 Å². The first-order chi connectivity index (χ1) is 8.09. The van der Waals surface area contributed by atoms with Crippen LogP contribution in [0, 0.1) is 5.92 Å². The number of piperazine rings is 1. The highest BCUT2D eigenvalue weighted by molar-refractivity contribution is 5.80. The van der Waals surface area contributed by atoms with Crippen LogP contribution in [0.4, 0.5) is 0 Å². The highest BCUT2D eigenvalue weighted by Crippen LogP contribution is 2.25. The lowest BCUT2D eigenvalue weighted by molar-refractivity contribution is -0.139. The number of hydrogen-bond donors (Lipinski definition) is 4. The van der Waals surface area contributed by atoms with Gasteiger partial charge in [-0.25, -0.2) is 0 Å². The molecule has 4 atom stereocenters. The minimum absolute atomic E-state index is 0.0740. The molecule has 1 amide bonds. The molecule has 0 aromatic rings. The number of nitrogens with zero attached hydrogens (tertiary/aromatic N) is 1. The zero-order valence-corrected chi connectivity index (χ0v) is 10.0. The minimum atomic E-state index is -0.605. The third kappa shape index (κ3) is 2.77. The van der Waals surface area contributed by atoms with E-state index in [0.717, 1.165) is 26.2 Å². The van der Waals surface area contributed by atoms with Gasteiger partial charge >= 0.3 is 0 Å². The van der Waals surface area contributed by atoms with Crippen LogP contribution in [0.3, 0.4) is 0 Å². The average Bonchev–Trinajstić information content (AvgIpc) is 2.34. The maximum Gasteiger partial charge on any atom is 0.227 e. The van der Waals surface area contributed by atoms with Crippen LogP contribution in [0.5, 0.6) is 0 Å². The Labute approximate surface area is 101 Å². The van der Waals surface area contributed by atoms with Crippen molar-refractivity contribution in [2.45, 2.75) is 31.0 Å². The fourth-order valence-electron chi connectivity index (χ4n) is 2.65. The summed E-state index contributed by atoms with van der Waals surface area (Å²) in [6, 6.07) is -0.521. The molecule has 0 spiro atoms. The zero-order valence-electron chi connectivity index (χ0n) is 10.0. The normalized spacial score (nSPS) is 39.1. The summed E-state index contributed by atoms with van der Waals surface area (Å²) < 4.78 is 0. The lowest BCUT2D eigenvalue weighted by atomic mass is 9.80. The standard InChI is InChI=1S/C11H22N4O2/c12-8-6-9(13)10(16)5-7(8)11(17)15-3-1-14-2-4-15/h7-10,14,16H,1-6,12-13H2. The molecule has 1 saturated carbocycles. The van der Waals surface area contributed by atoms with Crippen LogP contribution in [0.1, 0.15) is 12.8 Å². The molecule has 1 saturated heterocycles. The summed E-state index contributed by atoms with van der Waals surface area (Å²) in [6.45, 7) is 3.11. The third-order valence-electron chi connectivity index (χ3n) is 3.80. The number of amides is 1. The Morgan fingerprint density at radius 1 is 1.18 bits per heavy atom. The summed E-state index contributed by atoms with van der Waals surface area (Å²) in [5, 5.41) is 13.0. The molecular weight excluding hydrogens is 220 g/mol. The van der Waals surface area contributed by atoms with E-state index in [-0.39, 0.29) is 23.9 Å². The molecule has 6 N–H and O–H groups in total. The number of nitrogens with two attached hydrogens (primary N) is 2. The highest BCUT2D eigenvalue weighted by atomic mass is 16.3. The van der Waals surface area contributed by atoms with Crippen molar-refractivity contribution in [3.05, 3.63) is 0 Å². The highest BCUT2D eigenvalue weighted by Gasteiger charge is 2.38. The van der Waals surface area contributed by atoms with Crippen LogP contribution in [-0.4, -0.2) is 60.3 Å². The van der Waals surface area contributed by atoms with Crippen molar-refractivity contribution >= 4 is 5.91 Å². The molecule has 0 aromatic carbocycles. The first-order valence-corrected chi connectivity index (χ1v) is 6.28. The van der Waals surface area contributed by atoms with E-state index in [4.69, 9.17) is 11.5 Å². The van der Waals surface area contributed by atoms with Gasteiger partial charge in [0.2, 0.25) is 5.91 Å². The maximum atomic E-state index is 12.3. The Bertz CT molecular complexity index is 281. The van der Waals surface area contributed by atoms with Crippen molar-refractivity contribution in [3.8, 4) is 0 Å². The second-order valence-electron chi connectivity index (χ2n) is 5.05. The predicted octanol–water partition coefficient (Wildman–Crippen LogP) is -2.16. The van der Waals surface area contributed by atoms with Crippen LogP contribution >= 0.6 is 0 Å². The van der Waals surface area contributed by atoms with Crippen LogP contribution in [0.15, 0.2) is 0 Å². The van der Waals surface area contributed by atoms with Crippen LogP contribution in [-0.2, 0) is 4.79 Å². The van der Waals surface area contributed by atoms with Gasteiger partial charge in [0.1, 0.15) is 0 Å². The number of carbonyl (C=O) groups excluding carboxylic acids is 1. The van der Waals surface area contributed by atoms with Gasteiger partial charge in [-0.05, 0) is 12.8 Å². The largest absolute Gasteiger partial charge is 0.391 e. The van der Waals surface area contributed by atoms with E-state index < -0.39 is 6.10 Å². The van der Waals surface area contributed by atoms with E-state index in [1.165, 1.54) is 0 Å². The summed E-state index contributed by atoms with van der Waals surface area (Å²) in [5.41, 5.74) is 11.7. The molecule has 0 radical (unpaired) electrons. The number of nitrogens with one attached hydrogen (secondary N) is 1. The lowest BCUT2D eigenvalue weighted by Gasteiger charge is -2.38. The molecule has 1 aliphatic carbocycles. The molecule has 1 heterocycles. The van der Waals surface area contributed by atoms with Crippen molar-refractivity contribution in [2.75, 3.05) is 26.2 Å². The lowest BCUT2D eigenvalue weighted by Crippen LogP contribution is -2.57. The molecule has 98 valence electrons. The number of rotatable bonds is 1. The number of hydrogen-bond acceptors (Lipinski definition) is 5. The summed E-state index contributed by atoms with van der Waals surface area (Å²) in [7, 11) is 0. The van der Waals surface area contributed by atoms with Crippen LogP contribution < -0.4 is 16.8 Å². The van der Waals surface area contributed by atoms with Crippen molar-refractivity contribution in [1.82, 2.24) is 10.2 Å². The summed E-state index contributed by atoms with van der Waals surface area (Å²) >= 11 is 0. The topological polar surface area (TPSA) is 105 Å². The summed E-state index contributed by atoms with van der Waals surface area (Å²) in [4.78, 5) is 14.1. The van der Waals surface area contributed by atoms with Crippen molar-refractivity contribution < 1.29 is 9.90 Å². The Morgan fingerprint density at radius 3 is 2.47 bits per heavy atom. The molecule has 2 fully saturated rings. The zero-order chi connectivity index (χ0) is 12.4. The van der Waals surface area contributed by atoms with E-state index in [2.05, 4.69) is 5.32 Å². The minimum Gasteiger partial charge on any atom is -0.391 e. The van der Waals surface area contributed by atoms with E-state index >= 15 is 0 Å². The average molecular weight is 242 g/mol. The number of carbonyl (C=O) groups is 1. The molecule has 6 heteroatoms.